The van der Waals surface area contributed by atoms with E-state index in [1.807, 2.05) is 30.3 Å². The molecule has 0 aliphatic heterocycles. The van der Waals surface area contributed by atoms with E-state index in [-0.39, 0.29) is 11.4 Å². The first-order valence-corrected chi connectivity index (χ1v) is 13.5. The van der Waals surface area contributed by atoms with E-state index in [1.54, 1.807) is 49.4 Å². The number of halogens is 4. The van der Waals surface area contributed by atoms with Gasteiger partial charge in [-0.25, -0.2) is 5.43 Å². The number of furan rings is 1. The highest BCUT2D eigenvalue weighted by molar-refractivity contribution is 6.36. The van der Waals surface area contributed by atoms with Gasteiger partial charge in [0, 0.05) is 22.0 Å². The summed E-state index contributed by atoms with van der Waals surface area (Å²) in [5.41, 5.74) is 3.93. The number of benzene rings is 3. The SMILES string of the molecule is C[C@@H](Oc1ccc(Cl)cc1Cl)C(=O)N[C@H](Cc1ccccc1)C(=O)N/N=C\c1ccc(-c2cc(Cl)ccc2Cl)o1. The number of amides is 2. The normalized spacial score (nSPS) is 12.6. The maximum Gasteiger partial charge on any atom is 0.262 e. The van der Waals surface area contributed by atoms with Crippen LogP contribution in [0.3, 0.4) is 0 Å². The van der Waals surface area contributed by atoms with Crippen molar-refractivity contribution in [2.75, 3.05) is 0 Å². The Hall–Kier alpha value is -3.49. The van der Waals surface area contributed by atoms with Gasteiger partial charge in [0.05, 0.1) is 16.3 Å². The van der Waals surface area contributed by atoms with Crippen LogP contribution in [-0.4, -0.2) is 30.2 Å². The summed E-state index contributed by atoms with van der Waals surface area (Å²) in [6.07, 6.45) is 0.615. The molecular formula is C29H23Cl4N3O4. The fourth-order valence-corrected chi connectivity index (χ4v) is 4.49. The Morgan fingerprint density at radius 2 is 1.62 bits per heavy atom. The predicted octanol–water partition coefficient (Wildman–Crippen LogP) is 7.21. The fourth-order valence-electron chi connectivity index (χ4n) is 3.65. The Bertz CT molecular complexity index is 1520. The van der Waals surface area contributed by atoms with Crippen molar-refractivity contribution in [3.05, 3.63) is 110 Å². The van der Waals surface area contributed by atoms with Crippen LogP contribution in [-0.2, 0) is 16.0 Å². The summed E-state index contributed by atoms with van der Waals surface area (Å²) in [4.78, 5) is 26.0. The lowest BCUT2D eigenvalue weighted by atomic mass is 10.1. The number of ether oxygens (including phenoxy) is 1. The molecule has 1 aromatic heterocycles. The third kappa shape index (κ3) is 8.02. The van der Waals surface area contributed by atoms with E-state index in [9.17, 15) is 9.59 Å². The van der Waals surface area contributed by atoms with Crippen LogP contribution in [0, 0.1) is 0 Å². The van der Waals surface area contributed by atoms with Gasteiger partial charge in [0.15, 0.2) is 6.10 Å². The lowest BCUT2D eigenvalue weighted by Gasteiger charge is -2.21. The van der Waals surface area contributed by atoms with Gasteiger partial charge in [-0.2, -0.15) is 5.10 Å². The summed E-state index contributed by atoms with van der Waals surface area (Å²) >= 11 is 24.4. The molecule has 11 heteroatoms. The van der Waals surface area contributed by atoms with Gasteiger partial charge in [0.1, 0.15) is 23.3 Å². The number of hydrogen-bond donors (Lipinski definition) is 2. The van der Waals surface area contributed by atoms with Crippen molar-refractivity contribution in [1.82, 2.24) is 10.7 Å². The van der Waals surface area contributed by atoms with Crippen LogP contribution in [0.2, 0.25) is 20.1 Å². The first-order valence-electron chi connectivity index (χ1n) is 12.0. The highest BCUT2D eigenvalue weighted by Crippen LogP contribution is 2.31. The van der Waals surface area contributed by atoms with Gasteiger partial charge in [0.25, 0.3) is 11.8 Å². The van der Waals surface area contributed by atoms with Gasteiger partial charge in [-0.05, 0) is 61.0 Å². The smallest absolute Gasteiger partial charge is 0.262 e. The van der Waals surface area contributed by atoms with E-state index < -0.39 is 24.0 Å². The zero-order chi connectivity index (χ0) is 28.6. The molecule has 0 saturated heterocycles. The lowest BCUT2D eigenvalue weighted by Crippen LogP contribution is -2.50. The number of carbonyl (C=O) groups excluding carboxylic acids is 2. The van der Waals surface area contributed by atoms with E-state index >= 15 is 0 Å². The molecule has 0 aliphatic carbocycles. The summed E-state index contributed by atoms with van der Waals surface area (Å²) in [6.45, 7) is 1.55. The van der Waals surface area contributed by atoms with Crippen LogP contribution in [0.4, 0.5) is 0 Å². The molecule has 40 heavy (non-hydrogen) atoms. The first-order chi connectivity index (χ1) is 19.2. The molecule has 4 aromatic rings. The minimum atomic E-state index is -0.951. The van der Waals surface area contributed by atoms with Gasteiger partial charge < -0.3 is 14.5 Å². The average Bonchev–Trinajstić information content (AvgIpc) is 3.40. The second-order valence-electron chi connectivity index (χ2n) is 8.65. The average molecular weight is 619 g/mol. The molecule has 0 bridgehead atoms. The largest absolute Gasteiger partial charge is 0.479 e. The molecule has 1 heterocycles. The van der Waals surface area contributed by atoms with E-state index in [2.05, 4.69) is 15.8 Å². The third-order valence-electron chi connectivity index (χ3n) is 5.67. The summed E-state index contributed by atoms with van der Waals surface area (Å²) in [5.74, 6) is 0.107. The Morgan fingerprint density at radius 1 is 0.900 bits per heavy atom. The molecule has 3 aromatic carbocycles. The van der Waals surface area contributed by atoms with E-state index in [0.717, 1.165) is 5.56 Å². The number of hydrazone groups is 1. The molecule has 7 nitrogen and oxygen atoms in total. The van der Waals surface area contributed by atoms with E-state index in [4.69, 9.17) is 55.6 Å². The summed E-state index contributed by atoms with van der Waals surface area (Å²) in [5, 5.41) is 8.43. The number of nitrogens with one attached hydrogen (secondary N) is 2. The standard InChI is InChI=1S/C29H23Cl4N3O4/c1-17(39-27-11-8-20(31)15-24(27)33)28(37)35-25(13-18-5-3-2-4-6-18)29(38)36-34-16-21-9-12-26(40-21)22-14-19(30)7-10-23(22)32/h2-12,14-17,25H,13H2,1H3,(H,35,37)(H,36,38)/b34-16-/t17-,25-/m1/s1. The maximum absolute atomic E-state index is 13.1. The number of rotatable bonds is 10. The second kappa shape index (κ2) is 13.7. The van der Waals surface area contributed by atoms with Gasteiger partial charge in [-0.1, -0.05) is 76.7 Å². The van der Waals surface area contributed by atoms with Crippen LogP contribution < -0.4 is 15.5 Å². The molecule has 0 aliphatic rings. The van der Waals surface area contributed by atoms with Gasteiger partial charge >= 0.3 is 0 Å². The van der Waals surface area contributed by atoms with Gasteiger partial charge in [-0.3, -0.25) is 9.59 Å². The van der Waals surface area contributed by atoms with Crippen molar-refractivity contribution in [2.24, 2.45) is 5.10 Å². The van der Waals surface area contributed by atoms with Crippen LogP contribution in [0.5, 0.6) is 5.75 Å². The van der Waals surface area contributed by atoms with Crippen molar-refractivity contribution in [3.63, 3.8) is 0 Å². The number of carbonyl (C=O) groups is 2. The molecule has 0 spiro atoms. The number of nitrogens with zero attached hydrogens (tertiary/aromatic N) is 1. The molecule has 206 valence electrons. The van der Waals surface area contributed by atoms with Crippen molar-refractivity contribution in [3.8, 4) is 17.1 Å². The summed E-state index contributed by atoms with van der Waals surface area (Å²) in [7, 11) is 0. The van der Waals surface area contributed by atoms with Gasteiger partial charge in [0.2, 0.25) is 0 Å². The van der Waals surface area contributed by atoms with Crippen molar-refractivity contribution in [2.45, 2.75) is 25.5 Å². The van der Waals surface area contributed by atoms with Crippen molar-refractivity contribution < 1.29 is 18.7 Å². The summed E-state index contributed by atoms with van der Waals surface area (Å²) in [6, 6.07) is 21.4. The Balaban J connectivity index is 1.43. The zero-order valence-electron chi connectivity index (χ0n) is 21.0. The van der Waals surface area contributed by atoms with Gasteiger partial charge in [-0.15, -0.1) is 0 Å². The Kier molecular flexibility index (Phi) is 10.1. The minimum absolute atomic E-state index is 0.223. The summed E-state index contributed by atoms with van der Waals surface area (Å²) < 4.78 is 11.5. The Morgan fingerprint density at radius 3 is 2.38 bits per heavy atom. The van der Waals surface area contributed by atoms with E-state index in [0.29, 0.717) is 37.9 Å². The molecule has 0 unspecified atom stereocenters. The third-order valence-corrected chi connectivity index (χ3v) is 6.76. The molecular weight excluding hydrogens is 596 g/mol. The second-order valence-corrected chi connectivity index (χ2v) is 10.3. The molecule has 0 saturated carbocycles. The highest BCUT2D eigenvalue weighted by Gasteiger charge is 2.25. The molecule has 4 rings (SSSR count). The molecule has 0 fully saturated rings. The molecule has 2 atom stereocenters. The molecule has 2 N–H and O–H groups in total. The lowest BCUT2D eigenvalue weighted by molar-refractivity contribution is -0.132. The fraction of sp³-hybridized carbons (Fsp3) is 0.138. The highest BCUT2D eigenvalue weighted by atomic mass is 35.5. The van der Waals surface area contributed by atoms with Crippen molar-refractivity contribution in [1.29, 1.82) is 0 Å². The van der Waals surface area contributed by atoms with Crippen molar-refractivity contribution >= 4 is 64.4 Å². The predicted molar refractivity (Wildman–Crippen MR) is 159 cm³/mol. The monoisotopic (exact) mass is 617 g/mol. The zero-order valence-corrected chi connectivity index (χ0v) is 24.1. The maximum atomic E-state index is 13.1. The van der Waals surface area contributed by atoms with E-state index in [1.165, 1.54) is 12.3 Å². The number of hydrogen-bond acceptors (Lipinski definition) is 5. The van der Waals surface area contributed by atoms with Crippen LogP contribution in [0.25, 0.3) is 11.3 Å². The first kappa shape index (κ1) is 29.5. The van der Waals surface area contributed by atoms with Crippen LogP contribution in [0.15, 0.2) is 88.4 Å². The van der Waals surface area contributed by atoms with Crippen LogP contribution in [0.1, 0.15) is 18.2 Å². The minimum Gasteiger partial charge on any atom is -0.479 e. The molecule has 2 amide bonds. The van der Waals surface area contributed by atoms with Crippen LogP contribution >= 0.6 is 46.4 Å². The molecule has 0 radical (unpaired) electrons. The topological polar surface area (TPSA) is 92.9 Å². The quantitative estimate of drug-likeness (QED) is 0.145. The Labute approximate surface area is 251 Å².